The third kappa shape index (κ3) is 6.02. The molecule has 1 aromatic rings. The lowest BCUT2D eigenvalue weighted by atomic mass is 10.1. The molecule has 1 rings (SSSR count). The number of carbonyl (C=O) groups excluding carboxylic acids is 1. The molecule has 1 atom stereocenters. The molecule has 94 valence electrons. The quantitative estimate of drug-likeness (QED) is 0.744. The van der Waals surface area contributed by atoms with Crippen LogP contribution in [0.25, 0.3) is 0 Å². The first-order valence-electron chi connectivity index (χ1n) is 6.08. The van der Waals surface area contributed by atoms with Crippen LogP contribution in [0.5, 0.6) is 0 Å². The summed E-state index contributed by atoms with van der Waals surface area (Å²) in [5, 5.41) is 2.89. The van der Waals surface area contributed by atoms with Gasteiger partial charge in [-0.15, -0.1) is 0 Å². The summed E-state index contributed by atoms with van der Waals surface area (Å²) < 4.78 is 0. The van der Waals surface area contributed by atoms with Crippen LogP contribution >= 0.6 is 0 Å². The summed E-state index contributed by atoms with van der Waals surface area (Å²) in [6, 6.07) is 3.96. The molecule has 0 radical (unpaired) electrons. The third-order valence-corrected chi connectivity index (χ3v) is 2.67. The largest absolute Gasteiger partial charge is 0.356 e. The molecule has 0 fully saturated rings. The SMILES string of the molecule is CC(CN)CNC(=O)CCCc1ccncc1. The van der Waals surface area contributed by atoms with Crippen molar-refractivity contribution in [3.63, 3.8) is 0 Å². The van der Waals surface area contributed by atoms with Gasteiger partial charge in [-0.05, 0) is 43.0 Å². The fourth-order valence-electron chi connectivity index (χ4n) is 1.46. The highest BCUT2D eigenvalue weighted by Gasteiger charge is 2.04. The molecule has 1 heterocycles. The van der Waals surface area contributed by atoms with Crippen LogP contribution < -0.4 is 11.1 Å². The van der Waals surface area contributed by atoms with Crippen molar-refractivity contribution in [1.29, 1.82) is 0 Å². The fourth-order valence-corrected chi connectivity index (χ4v) is 1.46. The van der Waals surface area contributed by atoms with Gasteiger partial charge in [-0.2, -0.15) is 0 Å². The monoisotopic (exact) mass is 235 g/mol. The molecule has 0 saturated carbocycles. The molecule has 1 amide bonds. The second kappa shape index (κ2) is 7.79. The average Bonchev–Trinajstić information content (AvgIpc) is 2.37. The molecule has 3 N–H and O–H groups in total. The van der Waals surface area contributed by atoms with Crippen LogP contribution in [0.2, 0.25) is 0 Å². The predicted molar refractivity (Wildman–Crippen MR) is 68.4 cm³/mol. The Balaban J connectivity index is 2.12. The molecule has 0 spiro atoms. The van der Waals surface area contributed by atoms with E-state index in [1.54, 1.807) is 12.4 Å². The number of nitrogens with two attached hydrogens (primary N) is 1. The standard InChI is InChI=1S/C13H21N3O/c1-11(9-14)10-16-13(17)4-2-3-12-5-7-15-8-6-12/h5-8,11H,2-4,9-10,14H2,1H3,(H,16,17). The number of amides is 1. The zero-order valence-electron chi connectivity index (χ0n) is 10.4. The molecular formula is C13H21N3O. The molecule has 0 aliphatic heterocycles. The molecular weight excluding hydrogens is 214 g/mol. The second-order valence-electron chi connectivity index (χ2n) is 4.35. The first kappa shape index (κ1) is 13.6. The lowest BCUT2D eigenvalue weighted by molar-refractivity contribution is -0.121. The normalized spacial score (nSPS) is 12.1. The number of nitrogens with zero attached hydrogens (tertiary/aromatic N) is 1. The minimum absolute atomic E-state index is 0.111. The molecule has 1 unspecified atom stereocenters. The van der Waals surface area contributed by atoms with Crippen molar-refractivity contribution in [2.75, 3.05) is 13.1 Å². The number of rotatable bonds is 7. The van der Waals surface area contributed by atoms with Crippen molar-refractivity contribution >= 4 is 5.91 Å². The van der Waals surface area contributed by atoms with Crippen LogP contribution in [-0.2, 0) is 11.2 Å². The van der Waals surface area contributed by atoms with Crippen molar-refractivity contribution < 1.29 is 4.79 Å². The average molecular weight is 235 g/mol. The van der Waals surface area contributed by atoms with Gasteiger partial charge in [0.15, 0.2) is 0 Å². The maximum absolute atomic E-state index is 11.5. The molecule has 0 aliphatic carbocycles. The van der Waals surface area contributed by atoms with Crippen molar-refractivity contribution in [3.8, 4) is 0 Å². The molecule has 4 nitrogen and oxygen atoms in total. The van der Waals surface area contributed by atoms with E-state index in [1.807, 2.05) is 19.1 Å². The van der Waals surface area contributed by atoms with Gasteiger partial charge in [0.05, 0.1) is 0 Å². The number of aromatic nitrogens is 1. The highest BCUT2D eigenvalue weighted by Crippen LogP contribution is 2.03. The van der Waals surface area contributed by atoms with Crippen LogP contribution in [0.4, 0.5) is 0 Å². The second-order valence-corrected chi connectivity index (χ2v) is 4.35. The molecule has 17 heavy (non-hydrogen) atoms. The number of aryl methyl sites for hydroxylation is 1. The number of pyridine rings is 1. The highest BCUT2D eigenvalue weighted by molar-refractivity contribution is 5.75. The smallest absolute Gasteiger partial charge is 0.220 e. The number of nitrogens with one attached hydrogen (secondary N) is 1. The molecule has 1 aromatic heterocycles. The van der Waals surface area contributed by atoms with Crippen LogP contribution in [0.3, 0.4) is 0 Å². The molecule has 0 saturated heterocycles. The van der Waals surface area contributed by atoms with Gasteiger partial charge in [-0.3, -0.25) is 9.78 Å². The summed E-state index contributed by atoms with van der Waals surface area (Å²) in [7, 11) is 0. The minimum Gasteiger partial charge on any atom is -0.356 e. The highest BCUT2D eigenvalue weighted by atomic mass is 16.1. The maximum Gasteiger partial charge on any atom is 0.220 e. The molecule has 4 heteroatoms. The zero-order chi connectivity index (χ0) is 12.5. The van der Waals surface area contributed by atoms with Gasteiger partial charge >= 0.3 is 0 Å². The first-order valence-corrected chi connectivity index (χ1v) is 6.08. The summed E-state index contributed by atoms with van der Waals surface area (Å²) in [5.74, 6) is 0.457. The number of hydrogen-bond acceptors (Lipinski definition) is 3. The van der Waals surface area contributed by atoms with Crippen LogP contribution in [0, 0.1) is 5.92 Å². The van der Waals surface area contributed by atoms with E-state index in [-0.39, 0.29) is 5.91 Å². The predicted octanol–water partition coefficient (Wildman–Crippen LogP) is 1.12. The Kier molecular flexibility index (Phi) is 6.25. The van der Waals surface area contributed by atoms with E-state index >= 15 is 0 Å². The molecule has 0 aromatic carbocycles. The van der Waals surface area contributed by atoms with Gasteiger partial charge in [-0.1, -0.05) is 6.92 Å². The molecule has 0 aliphatic rings. The van der Waals surface area contributed by atoms with Gasteiger partial charge in [0, 0.05) is 25.4 Å². The lowest BCUT2D eigenvalue weighted by Gasteiger charge is -2.09. The van der Waals surface area contributed by atoms with E-state index < -0.39 is 0 Å². The molecule has 0 bridgehead atoms. The Bertz CT molecular complexity index is 327. The van der Waals surface area contributed by atoms with Crippen LogP contribution in [-0.4, -0.2) is 24.0 Å². The van der Waals surface area contributed by atoms with Crippen LogP contribution in [0.15, 0.2) is 24.5 Å². The summed E-state index contributed by atoms with van der Waals surface area (Å²) in [4.78, 5) is 15.4. The Morgan fingerprint density at radius 1 is 1.47 bits per heavy atom. The zero-order valence-corrected chi connectivity index (χ0v) is 10.4. The van der Waals surface area contributed by atoms with E-state index in [2.05, 4.69) is 10.3 Å². The first-order chi connectivity index (χ1) is 8.22. The number of carbonyl (C=O) groups is 1. The number of hydrogen-bond donors (Lipinski definition) is 2. The van der Waals surface area contributed by atoms with Crippen molar-refractivity contribution in [2.45, 2.75) is 26.2 Å². The van der Waals surface area contributed by atoms with Gasteiger partial charge < -0.3 is 11.1 Å². The van der Waals surface area contributed by atoms with Crippen molar-refractivity contribution in [2.24, 2.45) is 11.7 Å². The van der Waals surface area contributed by atoms with Crippen molar-refractivity contribution in [3.05, 3.63) is 30.1 Å². The topological polar surface area (TPSA) is 68.0 Å². The van der Waals surface area contributed by atoms with E-state index in [1.165, 1.54) is 5.56 Å². The van der Waals surface area contributed by atoms with Gasteiger partial charge in [-0.25, -0.2) is 0 Å². The Morgan fingerprint density at radius 3 is 2.82 bits per heavy atom. The van der Waals surface area contributed by atoms with E-state index in [0.717, 1.165) is 12.8 Å². The summed E-state index contributed by atoms with van der Waals surface area (Å²) >= 11 is 0. The summed E-state index contributed by atoms with van der Waals surface area (Å²) in [5.41, 5.74) is 6.70. The Morgan fingerprint density at radius 2 is 2.18 bits per heavy atom. The summed E-state index contributed by atoms with van der Waals surface area (Å²) in [6.07, 6.45) is 5.91. The lowest BCUT2D eigenvalue weighted by Crippen LogP contribution is -2.31. The third-order valence-electron chi connectivity index (χ3n) is 2.67. The fraction of sp³-hybridized carbons (Fsp3) is 0.538. The van der Waals surface area contributed by atoms with Crippen molar-refractivity contribution in [1.82, 2.24) is 10.3 Å². The van der Waals surface area contributed by atoms with E-state index in [4.69, 9.17) is 5.73 Å². The minimum atomic E-state index is 0.111. The van der Waals surface area contributed by atoms with Gasteiger partial charge in [0.2, 0.25) is 5.91 Å². The summed E-state index contributed by atoms with van der Waals surface area (Å²) in [6.45, 7) is 3.30. The van der Waals surface area contributed by atoms with E-state index in [9.17, 15) is 4.79 Å². The Hall–Kier alpha value is -1.42. The van der Waals surface area contributed by atoms with E-state index in [0.29, 0.717) is 25.4 Å². The maximum atomic E-state index is 11.5. The van der Waals surface area contributed by atoms with Crippen LogP contribution in [0.1, 0.15) is 25.3 Å². The van der Waals surface area contributed by atoms with Gasteiger partial charge in [0.1, 0.15) is 0 Å². The van der Waals surface area contributed by atoms with Gasteiger partial charge in [0.25, 0.3) is 0 Å². The Labute approximate surface area is 103 Å².